The van der Waals surface area contributed by atoms with Crippen LogP contribution in [0.15, 0.2) is 65.2 Å². The minimum absolute atomic E-state index is 0.0000227. The molecule has 5 rings (SSSR count). The van der Waals surface area contributed by atoms with Crippen molar-refractivity contribution in [3.8, 4) is 22.8 Å². The molecule has 0 radical (unpaired) electrons. The Morgan fingerprint density at radius 3 is 2.86 bits per heavy atom. The number of aromatic nitrogens is 1. The molecule has 11 heteroatoms. The van der Waals surface area contributed by atoms with Gasteiger partial charge in [0.05, 0.1) is 23.6 Å². The van der Waals surface area contributed by atoms with Crippen LogP contribution < -0.4 is 15.2 Å². The second kappa shape index (κ2) is 9.69. The highest BCUT2D eigenvalue weighted by molar-refractivity contribution is 8.24. The number of amides is 1. The van der Waals surface area contributed by atoms with Crippen molar-refractivity contribution < 1.29 is 23.7 Å². The van der Waals surface area contributed by atoms with Crippen molar-refractivity contribution in [3.05, 3.63) is 71.9 Å². The number of aromatic hydroxyl groups is 1. The van der Waals surface area contributed by atoms with Gasteiger partial charge in [0.1, 0.15) is 11.5 Å². The fourth-order valence-electron chi connectivity index (χ4n) is 4.52. The molecule has 2 aromatic carbocycles. The first-order valence-electron chi connectivity index (χ1n) is 11.5. The van der Waals surface area contributed by atoms with Gasteiger partial charge in [-0.2, -0.15) is 0 Å². The average molecular weight is 510 g/mol. The first kappa shape index (κ1) is 23.9. The Hall–Kier alpha value is -3.80. The Kier molecular flexibility index (Phi) is 6.44. The molecule has 0 aliphatic carbocycles. The maximum Gasteiger partial charge on any atom is 0.253 e. The zero-order valence-electron chi connectivity index (χ0n) is 19.4. The van der Waals surface area contributed by atoms with E-state index in [-0.39, 0.29) is 23.4 Å². The molecular formula is C25H27N5O5S. The molecule has 2 aliphatic heterocycles. The van der Waals surface area contributed by atoms with E-state index >= 15 is 0 Å². The summed E-state index contributed by atoms with van der Waals surface area (Å²) in [5, 5.41) is 9.77. The molecule has 1 fully saturated rings. The molecule has 0 spiro atoms. The van der Waals surface area contributed by atoms with Crippen LogP contribution in [0.5, 0.6) is 11.5 Å². The third-order valence-electron chi connectivity index (χ3n) is 6.18. The van der Waals surface area contributed by atoms with Gasteiger partial charge in [0.25, 0.3) is 5.91 Å². The Morgan fingerprint density at radius 1 is 1.19 bits per heavy atom. The normalized spacial score (nSPS) is 19.4. The number of hydrogen-bond acceptors (Lipinski definition) is 9. The van der Waals surface area contributed by atoms with E-state index in [1.807, 2.05) is 11.0 Å². The van der Waals surface area contributed by atoms with Crippen LogP contribution in [0.2, 0.25) is 0 Å². The number of nitrogens with zero attached hydrogens (tertiary/aromatic N) is 3. The van der Waals surface area contributed by atoms with E-state index < -0.39 is 11.0 Å². The lowest BCUT2D eigenvalue weighted by Gasteiger charge is -2.34. The monoisotopic (exact) mass is 509 g/mol. The molecule has 188 valence electrons. The topological polar surface area (TPSA) is 154 Å². The quantitative estimate of drug-likeness (QED) is 0.345. The van der Waals surface area contributed by atoms with Crippen molar-refractivity contribution in [2.75, 3.05) is 24.4 Å². The standard InChI is InChI=1S/C25H27N5O5S/c26-24-23-20(28-36(33,34)29-24)7-2-8-22(23)35-15-16-4-3-11-30(14-16)25(32)18-9-10-27-21(13-18)17-5-1-6-19(31)12-17/h1-2,5-10,12-13,16,28,31,33-34H,3-4,11,14-15H2,(H2,26,29)/t16-/m0/s1. The fraction of sp³-hybridized carbons (Fsp3) is 0.240. The number of carbonyl (C=O) groups is 1. The molecule has 2 aliphatic rings. The zero-order chi connectivity index (χ0) is 25.3. The van der Waals surface area contributed by atoms with Crippen LogP contribution in [-0.4, -0.2) is 55.5 Å². The number of carbonyl (C=O) groups excluding carboxylic acids is 1. The number of hydrogen-bond donors (Lipinski definition) is 5. The lowest BCUT2D eigenvalue weighted by Crippen LogP contribution is -2.41. The van der Waals surface area contributed by atoms with Crippen LogP contribution >= 0.6 is 11.0 Å². The smallest absolute Gasteiger partial charge is 0.253 e. The summed E-state index contributed by atoms with van der Waals surface area (Å²) in [7, 11) is -3.37. The Balaban J connectivity index is 1.26. The number of likely N-dealkylation sites (tertiary alicyclic amines) is 1. The highest BCUT2D eigenvalue weighted by atomic mass is 32.3. The number of phenolic OH excluding ortho intramolecular Hbond substituents is 1. The van der Waals surface area contributed by atoms with Gasteiger partial charge in [0, 0.05) is 36.3 Å². The summed E-state index contributed by atoms with van der Waals surface area (Å²) < 4.78 is 32.1. The van der Waals surface area contributed by atoms with E-state index in [9.17, 15) is 19.0 Å². The van der Waals surface area contributed by atoms with Crippen molar-refractivity contribution in [1.82, 2.24) is 9.88 Å². The molecule has 0 bridgehead atoms. The summed E-state index contributed by atoms with van der Waals surface area (Å²) in [4.78, 5) is 19.5. The molecule has 10 nitrogen and oxygen atoms in total. The first-order chi connectivity index (χ1) is 17.3. The predicted molar refractivity (Wildman–Crippen MR) is 139 cm³/mol. The van der Waals surface area contributed by atoms with E-state index in [0.717, 1.165) is 18.4 Å². The summed E-state index contributed by atoms with van der Waals surface area (Å²) in [6.07, 6.45) is 3.36. The number of pyridine rings is 1. The number of fused-ring (bicyclic) bond motifs is 1. The Morgan fingerprint density at radius 2 is 2.03 bits per heavy atom. The lowest BCUT2D eigenvalue weighted by atomic mass is 9.98. The number of nitrogens with one attached hydrogen (secondary N) is 1. The Bertz CT molecular complexity index is 1330. The van der Waals surface area contributed by atoms with Gasteiger partial charge in [-0.1, -0.05) is 18.2 Å². The van der Waals surface area contributed by atoms with Crippen molar-refractivity contribution in [2.45, 2.75) is 12.8 Å². The molecule has 36 heavy (non-hydrogen) atoms. The Labute approximate surface area is 210 Å². The van der Waals surface area contributed by atoms with Crippen LogP contribution in [0.1, 0.15) is 28.8 Å². The number of amidine groups is 1. The van der Waals surface area contributed by atoms with E-state index in [0.29, 0.717) is 48.0 Å². The number of phenols is 1. The number of benzene rings is 2. The summed E-state index contributed by atoms with van der Waals surface area (Å²) in [5.74, 6) is 0.665. The van der Waals surface area contributed by atoms with Crippen molar-refractivity contribution >= 4 is 28.4 Å². The third-order valence-corrected chi connectivity index (χ3v) is 7.13. The predicted octanol–water partition coefficient (Wildman–Crippen LogP) is 4.10. The van der Waals surface area contributed by atoms with E-state index in [4.69, 9.17) is 10.5 Å². The maximum atomic E-state index is 13.3. The van der Waals surface area contributed by atoms with Gasteiger partial charge in [0.2, 0.25) is 0 Å². The van der Waals surface area contributed by atoms with Crippen molar-refractivity contribution in [2.24, 2.45) is 16.0 Å². The van der Waals surface area contributed by atoms with Gasteiger partial charge in [-0.3, -0.25) is 23.6 Å². The van der Waals surface area contributed by atoms with Gasteiger partial charge in [-0.25, -0.2) is 0 Å². The van der Waals surface area contributed by atoms with Gasteiger partial charge in [-0.15, -0.1) is 4.40 Å². The molecule has 6 N–H and O–H groups in total. The highest BCUT2D eigenvalue weighted by Gasteiger charge is 2.28. The summed E-state index contributed by atoms with van der Waals surface area (Å²) in [5.41, 5.74) is 8.80. The largest absolute Gasteiger partial charge is 0.508 e. The van der Waals surface area contributed by atoms with Crippen molar-refractivity contribution in [3.63, 3.8) is 0 Å². The maximum absolute atomic E-state index is 13.3. The first-order valence-corrected chi connectivity index (χ1v) is 13.0. The van der Waals surface area contributed by atoms with Gasteiger partial charge >= 0.3 is 0 Å². The molecule has 0 saturated carbocycles. The zero-order valence-corrected chi connectivity index (χ0v) is 20.2. The third kappa shape index (κ3) is 5.08. The molecular weight excluding hydrogens is 482 g/mol. The summed E-state index contributed by atoms with van der Waals surface area (Å²) in [6, 6.07) is 15.4. The number of piperidine rings is 1. The minimum Gasteiger partial charge on any atom is -0.508 e. The fourth-order valence-corrected chi connectivity index (χ4v) is 5.39. The van der Waals surface area contributed by atoms with E-state index in [1.54, 1.807) is 54.7 Å². The van der Waals surface area contributed by atoms with Crippen LogP contribution in [0.3, 0.4) is 0 Å². The number of ether oxygens (including phenoxy) is 1. The lowest BCUT2D eigenvalue weighted by molar-refractivity contribution is 0.0633. The minimum atomic E-state index is -3.37. The number of nitrogens with two attached hydrogens (primary N) is 1. The molecule has 0 unspecified atom stereocenters. The van der Waals surface area contributed by atoms with Crippen LogP contribution in [0, 0.1) is 5.92 Å². The number of anilines is 1. The molecule has 1 amide bonds. The summed E-state index contributed by atoms with van der Waals surface area (Å²) in [6.45, 7) is 1.57. The van der Waals surface area contributed by atoms with E-state index in [2.05, 4.69) is 14.1 Å². The van der Waals surface area contributed by atoms with Crippen LogP contribution in [-0.2, 0) is 0 Å². The molecule has 3 aromatic rings. The van der Waals surface area contributed by atoms with Crippen LogP contribution in [0.4, 0.5) is 5.69 Å². The SMILES string of the molecule is NC1=NS(O)(O)Nc2cccc(OC[C@H]3CCCN(C(=O)c4ccnc(-c5cccc(O)c5)c4)C3)c21. The molecule has 1 saturated heterocycles. The molecule has 3 heterocycles. The van der Waals surface area contributed by atoms with Crippen molar-refractivity contribution in [1.29, 1.82) is 0 Å². The van der Waals surface area contributed by atoms with E-state index in [1.165, 1.54) is 0 Å². The number of rotatable bonds is 5. The second-order valence-electron chi connectivity index (χ2n) is 8.83. The average Bonchev–Trinajstić information content (AvgIpc) is 2.86. The van der Waals surface area contributed by atoms with Gasteiger partial charge in [0.15, 0.2) is 5.84 Å². The van der Waals surface area contributed by atoms with Gasteiger partial charge < -0.3 is 20.5 Å². The van der Waals surface area contributed by atoms with Crippen LogP contribution in [0.25, 0.3) is 11.3 Å². The molecule has 1 atom stereocenters. The second-order valence-corrected chi connectivity index (χ2v) is 10.3. The molecule has 1 aromatic heterocycles. The highest BCUT2D eigenvalue weighted by Crippen LogP contribution is 2.46. The summed E-state index contributed by atoms with van der Waals surface area (Å²) >= 11 is 0. The van der Waals surface area contributed by atoms with Gasteiger partial charge in [-0.05, 0) is 60.2 Å².